The van der Waals surface area contributed by atoms with Crippen molar-refractivity contribution in [1.29, 1.82) is 0 Å². The maximum Gasteiger partial charge on any atom is 0.273 e. The number of halogens is 1. The fourth-order valence-corrected chi connectivity index (χ4v) is 2.93. The van der Waals surface area contributed by atoms with Crippen molar-refractivity contribution in [1.82, 2.24) is 14.7 Å². The summed E-state index contributed by atoms with van der Waals surface area (Å²) in [5.41, 5.74) is 8.30. The topological polar surface area (TPSA) is 81.6 Å². The highest BCUT2D eigenvalue weighted by Gasteiger charge is 2.23. The molecule has 0 radical (unpaired) electrons. The molecule has 0 unspecified atom stereocenters. The fraction of sp³-hybridized carbons (Fsp3) is 0.263. The Labute approximate surface area is 150 Å². The van der Waals surface area contributed by atoms with Crippen molar-refractivity contribution in [2.45, 2.75) is 20.3 Å². The number of carbonyl (C=O) groups excluding carboxylic acids is 1. The van der Waals surface area contributed by atoms with Crippen LogP contribution in [0.3, 0.4) is 0 Å². The molecule has 136 valence electrons. The van der Waals surface area contributed by atoms with Gasteiger partial charge in [0.1, 0.15) is 23.0 Å². The van der Waals surface area contributed by atoms with Gasteiger partial charge in [-0.3, -0.25) is 9.20 Å². The number of anilines is 1. The van der Waals surface area contributed by atoms with Crippen molar-refractivity contribution >= 4 is 17.4 Å². The first kappa shape index (κ1) is 17.7. The lowest BCUT2D eigenvalue weighted by Crippen LogP contribution is -2.25. The van der Waals surface area contributed by atoms with E-state index in [1.165, 1.54) is 13.2 Å². The van der Waals surface area contributed by atoms with Crippen LogP contribution in [0.5, 0.6) is 5.75 Å². The molecule has 0 bridgehead atoms. The quantitative estimate of drug-likeness (QED) is 0.736. The number of imidazole rings is 1. The summed E-state index contributed by atoms with van der Waals surface area (Å²) in [6.07, 6.45) is 2.52. The molecule has 0 atom stereocenters. The zero-order chi connectivity index (χ0) is 18.8. The van der Waals surface area contributed by atoms with Crippen molar-refractivity contribution in [2.75, 3.05) is 19.4 Å². The number of aryl methyl sites for hydroxylation is 1. The highest BCUT2D eigenvalue weighted by Crippen LogP contribution is 2.37. The number of carbonyl (C=O) groups is 1. The lowest BCUT2D eigenvalue weighted by molar-refractivity contribution is 0.0950. The minimum atomic E-state index is -0.431. The van der Waals surface area contributed by atoms with Gasteiger partial charge in [0, 0.05) is 18.3 Å². The average molecular weight is 356 g/mol. The maximum atomic E-state index is 14.6. The molecule has 0 fully saturated rings. The second kappa shape index (κ2) is 7.03. The monoisotopic (exact) mass is 356 g/mol. The van der Waals surface area contributed by atoms with E-state index in [-0.39, 0.29) is 17.4 Å². The summed E-state index contributed by atoms with van der Waals surface area (Å²) in [5.74, 6) is -0.179. The van der Waals surface area contributed by atoms with Crippen LogP contribution in [-0.2, 0) is 0 Å². The van der Waals surface area contributed by atoms with E-state index in [0.717, 1.165) is 12.0 Å². The summed E-state index contributed by atoms with van der Waals surface area (Å²) in [4.78, 5) is 16.8. The number of aromatic nitrogens is 2. The van der Waals surface area contributed by atoms with Crippen molar-refractivity contribution in [2.24, 2.45) is 0 Å². The SMILES string of the molecule is CCCNC(=O)c1nc2c(-c3c(F)cccc3OC)c(C)ccn2c1N. The number of amides is 1. The van der Waals surface area contributed by atoms with E-state index in [1.807, 2.05) is 13.8 Å². The fourth-order valence-electron chi connectivity index (χ4n) is 2.93. The van der Waals surface area contributed by atoms with Crippen molar-refractivity contribution in [3.05, 3.63) is 47.5 Å². The van der Waals surface area contributed by atoms with Crippen molar-refractivity contribution in [3.8, 4) is 16.9 Å². The second-order valence-electron chi connectivity index (χ2n) is 5.99. The highest BCUT2D eigenvalue weighted by molar-refractivity contribution is 5.99. The standard InChI is InChI=1S/C19H21FN4O2/c1-4-9-22-19(25)16-17(21)24-10-8-11(2)14(18(24)23-16)15-12(20)6-5-7-13(15)26-3/h5-8,10H,4,9,21H2,1-3H3,(H,22,25). The van der Waals surface area contributed by atoms with Crippen LogP contribution in [0.2, 0.25) is 0 Å². The van der Waals surface area contributed by atoms with Gasteiger partial charge in [0.05, 0.1) is 12.7 Å². The number of fused-ring (bicyclic) bond motifs is 1. The number of hydrogen-bond donors (Lipinski definition) is 2. The molecule has 26 heavy (non-hydrogen) atoms. The predicted molar refractivity (Wildman–Crippen MR) is 98.9 cm³/mol. The third kappa shape index (κ3) is 2.85. The van der Waals surface area contributed by atoms with Crippen molar-refractivity contribution < 1.29 is 13.9 Å². The Kier molecular flexibility index (Phi) is 4.79. The molecule has 7 heteroatoms. The first-order chi connectivity index (χ1) is 12.5. The van der Waals surface area contributed by atoms with E-state index in [4.69, 9.17) is 10.5 Å². The van der Waals surface area contributed by atoms with Gasteiger partial charge in [-0.05, 0) is 37.1 Å². The predicted octanol–water partition coefficient (Wildman–Crippen LogP) is 3.18. The average Bonchev–Trinajstić information content (AvgIpc) is 2.97. The molecule has 3 N–H and O–H groups in total. The van der Waals surface area contributed by atoms with Gasteiger partial charge in [-0.1, -0.05) is 13.0 Å². The Morgan fingerprint density at radius 1 is 1.35 bits per heavy atom. The zero-order valence-corrected chi connectivity index (χ0v) is 15.0. The van der Waals surface area contributed by atoms with E-state index in [9.17, 15) is 9.18 Å². The van der Waals surface area contributed by atoms with E-state index in [1.54, 1.807) is 28.8 Å². The normalized spacial score (nSPS) is 10.9. The summed E-state index contributed by atoms with van der Waals surface area (Å²) < 4.78 is 21.6. The van der Waals surface area contributed by atoms with Gasteiger partial charge >= 0.3 is 0 Å². The van der Waals surface area contributed by atoms with Gasteiger partial charge in [-0.25, -0.2) is 9.37 Å². The molecule has 0 aliphatic rings. The molecule has 0 aliphatic heterocycles. The second-order valence-corrected chi connectivity index (χ2v) is 5.99. The molecule has 3 aromatic rings. The van der Waals surface area contributed by atoms with Crippen LogP contribution in [0.4, 0.5) is 10.2 Å². The molecule has 2 heterocycles. The Hall–Kier alpha value is -3.09. The number of benzene rings is 1. The van der Waals surface area contributed by atoms with Crippen LogP contribution in [0.1, 0.15) is 29.4 Å². The first-order valence-electron chi connectivity index (χ1n) is 8.37. The number of nitrogens with zero attached hydrogens (tertiary/aromatic N) is 2. The van der Waals surface area contributed by atoms with E-state index in [2.05, 4.69) is 10.3 Å². The van der Waals surface area contributed by atoms with Crippen LogP contribution in [0.25, 0.3) is 16.8 Å². The molecule has 0 aliphatic carbocycles. The molecule has 6 nitrogen and oxygen atoms in total. The summed E-state index contributed by atoms with van der Waals surface area (Å²) in [6.45, 7) is 4.33. The molecule has 0 saturated carbocycles. The van der Waals surface area contributed by atoms with Gasteiger partial charge < -0.3 is 15.8 Å². The smallest absolute Gasteiger partial charge is 0.273 e. The maximum absolute atomic E-state index is 14.6. The molecule has 1 aromatic carbocycles. The minimum absolute atomic E-state index is 0.126. The number of pyridine rings is 1. The van der Waals surface area contributed by atoms with Crippen LogP contribution in [0, 0.1) is 12.7 Å². The van der Waals surface area contributed by atoms with Gasteiger partial charge in [-0.2, -0.15) is 0 Å². The number of methoxy groups -OCH3 is 1. The zero-order valence-electron chi connectivity index (χ0n) is 15.0. The van der Waals surface area contributed by atoms with Gasteiger partial charge in [0.25, 0.3) is 5.91 Å². The number of nitrogens with one attached hydrogen (secondary N) is 1. The number of hydrogen-bond acceptors (Lipinski definition) is 4. The Bertz CT molecular complexity index is 981. The van der Waals surface area contributed by atoms with E-state index >= 15 is 0 Å². The van der Waals surface area contributed by atoms with Gasteiger partial charge in [0.2, 0.25) is 0 Å². The molecule has 0 saturated heterocycles. The summed E-state index contributed by atoms with van der Waals surface area (Å²) in [7, 11) is 1.48. The van der Waals surface area contributed by atoms with Crippen molar-refractivity contribution in [3.63, 3.8) is 0 Å². The van der Waals surface area contributed by atoms with Gasteiger partial charge in [0.15, 0.2) is 5.69 Å². The van der Waals surface area contributed by atoms with Crippen LogP contribution >= 0.6 is 0 Å². The molecule has 1 amide bonds. The number of ether oxygens (including phenoxy) is 1. The highest BCUT2D eigenvalue weighted by atomic mass is 19.1. The number of rotatable bonds is 5. The Morgan fingerprint density at radius 3 is 2.81 bits per heavy atom. The minimum Gasteiger partial charge on any atom is -0.496 e. The molecular weight excluding hydrogens is 335 g/mol. The van der Waals surface area contributed by atoms with Crippen LogP contribution in [-0.4, -0.2) is 28.9 Å². The van der Waals surface area contributed by atoms with Crippen LogP contribution in [0.15, 0.2) is 30.5 Å². The molecule has 0 spiro atoms. The lowest BCUT2D eigenvalue weighted by Gasteiger charge is -2.13. The van der Waals surface area contributed by atoms with E-state index in [0.29, 0.717) is 29.1 Å². The first-order valence-corrected chi connectivity index (χ1v) is 8.37. The van der Waals surface area contributed by atoms with Gasteiger partial charge in [-0.15, -0.1) is 0 Å². The summed E-state index contributed by atoms with van der Waals surface area (Å²) in [5, 5.41) is 2.76. The number of nitrogen functional groups attached to an aromatic ring is 1. The molecule has 2 aromatic heterocycles. The summed E-state index contributed by atoms with van der Waals surface area (Å²) in [6, 6.07) is 6.43. The third-order valence-corrected chi connectivity index (χ3v) is 4.24. The third-order valence-electron chi connectivity index (χ3n) is 4.24. The largest absolute Gasteiger partial charge is 0.496 e. The molecular formula is C19H21FN4O2. The lowest BCUT2D eigenvalue weighted by atomic mass is 10.0. The Balaban J connectivity index is 2.28. The number of nitrogens with two attached hydrogens (primary N) is 1. The van der Waals surface area contributed by atoms with E-state index < -0.39 is 5.82 Å². The molecule has 3 rings (SSSR count). The Morgan fingerprint density at radius 2 is 2.12 bits per heavy atom. The van der Waals surface area contributed by atoms with Crippen LogP contribution < -0.4 is 15.8 Å². The summed E-state index contributed by atoms with van der Waals surface area (Å²) >= 11 is 0.